The highest BCUT2D eigenvalue weighted by Gasteiger charge is 2.03. The number of primary amides is 2. The molecular formula is C47H90N2O2. The predicted octanol–water partition coefficient (Wildman–Crippen LogP) is 14.9. The fourth-order valence-electron chi connectivity index (χ4n) is 7.31. The highest BCUT2D eigenvalue weighted by molar-refractivity contribution is 5.73. The molecule has 1 atom stereocenters. The van der Waals surface area contributed by atoms with Crippen LogP contribution in [0.25, 0.3) is 0 Å². The van der Waals surface area contributed by atoms with Crippen molar-refractivity contribution in [2.45, 2.75) is 257 Å². The van der Waals surface area contributed by atoms with Crippen molar-refractivity contribution in [3.05, 3.63) is 24.3 Å². The van der Waals surface area contributed by atoms with Gasteiger partial charge in [-0.05, 0) is 70.1 Å². The molecule has 0 fully saturated rings. The Balaban J connectivity index is 3.23. The lowest BCUT2D eigenvalue weighted by Gasteiger charge is -2.11. The molecule has 1 unspecified atom stereocenters. The third-order valence-electron chi connectivity index (χ3n) is 10.8. The molecule has 0 rings (SSSR count). The normalized spacial score (nSPS) is 12.4. The van der Waals surface area contributed by atoms with E-state index >= 15 is 0 Å². The van der Waals surface area contributed by atoms with Crippen molar-refractivity contribution in [1.82, 2.24) is 0 Å². The Hall–Kier alpha value is -1.58. The maximum Gasteiger partial charge on any atom is 0.217 e. The molecule has 0 saturated carbocycles. The van der Waals surface area contributed by atoms with Crippen molar-refractivity contribution in [1.29, 1.82) is 0 Å². The van der Waals surface area contributed by atoms with Gasteiger partial charge in [0, 0.05) is 12.8 Å². The van der Waals surface area contributed by atoms with Gasteiger partial charge in [-0.3, -0.25) is 9.59 Å². The van der Waals surface area contributed by atoms with Crippen LogP contribution in [0.3, 0.4) is 0 Å². The standard InChI is InChI=1S/C47H90N2O2/c1-45(42-38-34-30-26-22-18-14-10-6-4-8-12-16-20-24-28-32-36-40-44-47(49)51)41-37-33-29-25-21-17-13-9-5-2-3-7-11-15-19-23-27-31-35-39-43-46(48)50/h2,5-6,10,45H,3-4,7-9,11-44H2,1H3,(H2,48,50)(H2,49,51)/b5-2-,10-6-. The summed E-state index contributed by atoms with van der Waals surface area (Å²) in [4.78, 5) is 21.5. The number of allylic oxidation sites excluding steroid dienone is 4. The first-order chi connectivity index (χ1) is 25.0. The van der Waals surface area contributed by atoms with E-state index in [1.807, 2.05) is 0 Å². The van der Waals surface area contributed by atoms with E-state index < -0.39 is 0 Å². The summed E-state index contributed by atoms with van der Waals surface area (Å²) in [5, 5.41) is 0. The van der Waals surface area contributed by atoms with Gasteiger partial charge >= 0.3 is 0 Å². The molecular weight excluding hydrogens is 625 g/mol. The maximum absolute atomic E-state index is 10.7. The quantitative estimate of drug-likeness (QED) is 0.0486. The lowest BCUT2D eigenvalue weighted by molar-refractivity contribution is -0.119. The van der Waals surface area contributed by atoms with Crippen molar-refractivity contribution >= 4 is 11.8 Å². The number of carbonyl (C=O) groups is 2. The van der Waals surface area contributed by atoms with E-state index in [0.29, 0.717) is 12.8 Å². The molecule has 0 aliphatic heterocycles. The number of hydrogen-bond donors (Lipinski definition) is 2. The van der Waals surface area contributed by atoms with Crippen molar-refractivity contribution in [3.63, 3.8) is 0 Å². The second kappa shape index (κ2) is 42.8. The number of carbonyl (C=O) groups excluding carboxylic acids is 2. The van der Waals surface area contributed by atoms with Crippen molar-refractivity contribution in [3.8, 4) is 0 Å². The van der Waals surface area contributed by atoms with E-state index in [1.54, 1.807) is 0 Å². The minimum Gasteiger partial charge on any atom is -0.370 e. The third-order valence-corrected chi connectivity index (χ3v) is 10.8. The van der Waals surface area contributed by atoms with Crippen LogP contribution < -0.4 is 11.5 Å². The number of hydrogen-bond acceptors (Lipinski definition) is 2. The van der Waals surface area contributed by atoms with E-state index in [1.165, 1.54) is 212 Å². The number of amides is 2. The SMILES string of the molecule is CC(CCCCCCCC/C=C\CCCCCCCCCCCC(N)=O)CCCCCCCCC/C=C\CCCCCCCCCCCC(N)=O. The molecule has 2 amide bonds. The lowest BCUT2D eigenvalue weighted by Crippen LogP contribution is -2.09. The van der Waals surface area contributed by atoms with Gasteiger partial charge in [0.1, 0.15) is 0 Å². The van der Waals surface area contributed by atoms with Gasteiger partial charge in [0.2, 0.25) is 11.8 Å². The van der Waals surface area contributed by atoms with Crippen LogP contribution in [-0.4, -0.2) is 11.8 Å². The van der Waals surface area contributed by atoms with Crippen LogP contribution in [0.2, 0.25) is 0 Å². The zero-order valence-electron chi connectivity index (χ0n) is 34.4. The fraction of sp³-hybridized carbons (Fsp3) is 0.872. The molecule has 300 valence electrons. The molecule has 0 bridgehead atoms. The first kappa shape index (κ1) is 49.4. The molecule has 0 aromatic rings. The molecule has 0 saturated heterocycles. The minimum absolute atomic E-state index is 0.156. The summed E-state index contributed by atoms with van der Waals surface area (Å²) in [5.41, 5.74) is 10.4. The van der Waals surface area contributed by atoms with Crippen LogP contribution in [0.15, 0.2) is 24.3 Å². The topological polar surface area (TPSA) is 86.2 Å². The summed E-state index contributed by atoms with van der Waals surface area (Å²) in [5.74, 6) is 0.608. The van der Waals surface area contributed by atoms with Crippen molar-refractivity contribution < 1.29 is 9.59 Å². The third kappa shape index (κ3) is 46.4. The summed E-state index contributed by atoms with van der Waals surface area (Å²) in [7, 11) is 0. The van der Waals surface area contributed by atoms with E-state index in [4.69, 9.17) is 11.5 Å². The van der Waals surface area contributed by atoms with Crippen LogP contribution in [-0.2, 0) is 9.59 Å². The van der Waals surface area contributed by atoms with Gasteiger partial charge in [0.05, 0.1) is 0 Å². The lowest BCUT2D eigenvalue weighted by atomic mass is 9.95. The first-order valence-electron chi connectivity index (χ1n) is 22.9. The fourth-order valence-corrected chi connectivity index (χ4v) is 7.31. The van der Waals surface area contributed by atoms with Crippen LogP contribution in [0, 0.1) is 5.92 Å². The van der Waals surface area contributed by atoms with Crippen molar-refractivity contribution in [2.75, 3.05) is 0 Å². The summed E-state index contributed by atoms with van der Waals surface area (Å²) < 4.78 is 0. The Bertz CT molecular complexity index is 776. The van der Waals surface area contributed by atoms with Gasteiger partial charge in [0.25, 0.3) is 0 Å². The van der Waals surface area contributed by atoms with Crippen LogP contribution in [0.5, 0.6) is 0 Å². The summed E-state index contributed by atoms with van der Waals surface area (Å²) in [6, 6.07) is 0. The zero-order chi connectivity index (χ0) is 37.1. The van der Waals surface area contributed by atoms with Gasteiger partial charge in [-0.2, -0.15) is 0 Å². The van der Waals surface area contributed by atoms with E-state index in [-0.39, 0.29) is 11.8 Å². The Morgan fingerprint density at radius 1 is 0.333 bits per heavy atom. The largest absolute Gasteiger partial charge is 0.370 e. The number of rotatable bonds is 43. The van der Waals surface area contributed by atoms with E-state index in [2.05, 4.69) is 31.2 Å². The molecule has 4 nitrogen and oxygen atoms in total. The van der Waals surface area contributed by atoms with Crippen LogP contribution in [0.4, 0.5) is 0 Å². The van der Waals surface area contributed by atoms with E-state index in [0.717, 1.165) is 31.6 Å². The maximum atomic E-state index is 10.7. The average Bonchev–Trinajstić information content (AvgIpc) is 3.10. The van der Waals surface area contributed by atoms with Crippen molar-refractivity contribution in [2.24, 2.45) is 17.4 Å². The molecule has 0 aliphatic carbocycles. The smallest absolute Gasteiger partial charge is 0.217 e. The molecule has 0 aliphatic rings. The van der Waals surface area contributed by atoms with Crippen LogP contribution >= 0.6 is 0 Å². The van der Waals surface area contributed by atoms with Gasteiger partial charge in [-0.15, -0.1) is 0 Å². The van der Waals surface area contributed by atoms with Gasteiger partial charge < -0.3 is 11.5 Å². The molecule has 0 radical (unpaired) electrons. The Labute approximate surface area is 319 Å². The molecule has 0 spiro atoms. The molecule has 51 heavy (non-hydrogen) atoms. The number of unbranched alkanes of at least 4 members (excludes halogenated alkanes) is 31. The van der Waals surface area contributed by atoms with Gasteiger partial charge in [-0.25, -0.2) is 0 Å². The second-order valence-electron chi connectivity index (χ2n) is 16.2. The molecule has 0 heterocycles. The minimum atomic E-state index is -0.156. The summed E-state index contributed by atoms with van der Waals surface area (Å²) >= 11 is 0. The molecule has 4 heteroatoms. The second-order valence-corrected chi connectivity index (χ2v) is 16.2. The van der Waals surface area contributed by atoms with E-state index in [9.17, 15) is 9.59 Å². The Morgan fingerprint density at radius 3 is 0.765 bits per heavy atom. The highest BCUT2D eigenvalue weighted by Crippen LogP contribution is 2.19. The predicted molar refractivity (Wildman–Crippen MR) is 226 cm³/mol. The van der Waals surface area contributed by atoms with Crippen LogP contribution in [0.1, 0.15) is 257 Å². The molecule has 0 aromatic heterocycles. The first-order valence-corrected chi connectivity index (χ1v) is 22.9. The Morgan fingerprint density at radius 2 is 0.529 bits per heavy atom. The molecule has 4 N–H and O–H groups in total. The summed E-state index contributed by atoms with van der Waals surface area (Å²) in [6.45, 7) is 2.49. The van der Waals surface area contributed by atoms with Gasteiger partial charge in [-0.1, -0.05) is 205 Å². The average molecular weight is 715 g/mol. The summed E-state index contributed by atoms with van der Waals surface area (Å²) in [6.07, 6.45) is 60.3. The van der Waals surface area contributed by atoms with Gasteiger partial charge in [0.15, 0.2) is 0 Å². The highest BCUT2D eigenvalue weighted by atomic mass is 16.1. The number of nitrogens with two attached hydrogens (primary N) is 2. The molecule has 0 aromatic carbocycles. The zero-order valence-corrected chi connectivity index (χ0v) is 34.4. The Kier molecular flexibility index (Phi) is 41.5. The monoisotopic (exact) mass is 715 g/mol.